The molecule has 3 aromatic rings. The molecule has 2 heterocycles. The molecule has 144 valence electrons. The summed E-state index contributed by atoms with van der Waals surface area (Å²) >= 11 is 6.08. The maximum absolute atomic E-state index is 12.4. The monoisotopic (exact) mass is 400 g/mol. The second-order valence-corrected chi connectivity index (χ2v) is 6.61. The maximum atomic E-state index is 12.4. The number of hydrogen-bond acceptors (Lipinski definition) is 5. The molecule has 0 fully saturated rings. The van der Waals surface area contributed by atoms with Crippen LogP contribution in [-0.2, 0) is 6.54 Å². The van der Waals surface area contributed by atoms with Gasteiger partial charge in [0, 0.05) is 17.7 Å². The Balaban J connectivity index is 1.48. The van der Waals surface area contributed by atoms with Crippen LogP contribution in [0.3, 0.4) is 0 Å². The van der Waals surface area contributed by atoms with Gasteiger partial charge in [0.05, 0.1) is 16.1 Å². The molecule has 2 N–H and O–H groups in total. The first kappa shape index (κ1) is 18.1. The molecule has 8 nitrogen and oxygen atoms in total. The number of rotatable bonds is 3. The molecule has 0 saturated carbocycles. The van der Waals surface area contributed by atoms with Crippen LogP contribution in [0.25, 0.3) is 11.0 Å². The number of nitrogens with zero attached hydrogens (tertiary/aromatic N) is 2. The molecule has 0 aliphatic carbocycles. The number of fused-ring (bicyclic) bond motifs is 2. The van der Waals surface area contributed by atoms with Crippen LogP contribution >= 0.6 is 11.6 Å². The molecular formula is C19H17ClN4O4. The fourth-order valence-corrected chi connectivity index (χ4v) is 3.41. The van der Waals surface area contributed by atoms with Crippen LogP contribution in [0.15, 0.2) is 30.3 Å². The van der Waals surface area contributed by atoms with Crippen molar-refractivity contribution in [2.45, 2.75) is 20.4 Å². The van der Waals surface area contributed by atoms with E-state index in [1.165, 1.54) is 12.1 Å². The van der Waals surface area contributed by atoms with E-state index in [-0.39, 0.29) is 17.4 Å². The van der Waals surface area contributed by atoms with Crippen LogP contribution in [0.4, 0.5) is 0 Å². The van der Waals surface area contributed by atoms with Gasteiger partial charge < -0.3 is 14.0 Å². The number of amides is 2. The number of halogens is 1. The van der Waals surface area contributed by atoms with Gasteiger partial charge >= 0.3 is 0 Å². The Morgan fingerprint density at radius 2 is 1.89 bits per heavy atom. The number of hydrazine groups is 1. The molecule has 9 heteroatoms. The van der Waals surface area contributed by atoms with Crippen molar-refractivity contribution in [3.8, 4) is 11.5 Å². The molecule has 2 aromatic carbocycles. The molecule has 0 spiro atoms. The highest BCUT2D eigenvalue weighted by Gasteiger charge is 2.21. The summed E-state index contributed by atoms with van der Waals surface area (Å²) in [4.78, 5) is 29.2. The summed E-state index contributed by atoms with van der Waals surface area (Å²) in [7, 11) is 0. The number of aromatic nitrogens is 2. The molecule has 0 bridgehead atoms. The SMILES string of the molecule is CCn1c(C)nc2cc(C(=O)NNC(=O)c3cc(Cl)c4c(c3)OCO4)ccc21. The van der Waals surface area contributed by atoms with Gasteiger partial charge in [0.2, 0.25) is 6.79 Å². The van der Waals surface area contributed by atoms with E-state index in [1.54, 1.807) is 12.1 Å². The van der Waals surface area contributed by atoms with Gasteiger partial charge in [0.15, 0.2) is 11.5 Å². The van der Waals surface area contributed by atoms with Gasteiger partial charge in [-0.25, -0.2) is 4.98 Å². The Bertz CT molecular complexity index is 1110. The van der Waals surface area contributed by atoms with Gasteiger partial charge in [0.25, 0.3) is 11.8 Å². The normalized spacial score (nSPS) is 12.2. The molecule has 0 atom stereocenters. The molecule has 4 rings (SSSR count). The first-order valence-electron chi connectivity index (χ1n) is 8.64. The highest BCUT2D eigenvalue weighted by Crippen LogP contribution is 2.39. The third-order valence-corrected chi connectivity index (χ3v) is 4.78. The van der Waals surface area contributed by atoms with E-state index in [0.29, 0.717) is 17.1 Å². The van der Waals surface area contributed by atoms with Crippen molar-refractivity contribution in [3.63, 3.8) is 0 Å². The summed E-state index contributed by atoms with van der Waals surface area (Å²) in [5.74, 6) is 0.684. The third-order valence-electron chi connectivity index (χ3n) is 4.50. The van der Waals surface area contributed by atoms with Crippen LogP contribution in [-0.4, -0.2) is 28.2 Å². The molecular weight excluding hydrogens is 384 g/mol. The quantitative estimate of drug-likeness (QED) is 0.659. The highest BCUT2D eigenvalue weighted by molar-refractivity contribution is 6.32. The average Bonchev–Trinajstić information content (AvgIpc) is 3.28. The second-order valence-electron chi connectivity index (χ2n) is 6.21. The van der Waals surface area contributed by atoms with Crippen molar-refractivity contribution < 1.29 is 19.1 Å². The Hall–Kier alpha value is -3.26. The Labute approximate surface area is 165 Å². The summed E-state index contributed by atoms with van der Waals surface area (Å²) in [5, 5.41) is 0.263. The second kappa shape index (κ2) is 7.05. The molecule has 28 heavy (non-hydrogen) atoms. The van der Waals surface area contributed by atoms with Crippen molar-refractivity contribution in [2.75, 3.05) is 6.79 Å². The fourth-order valence-electron chi connectivity index (χ4n) is 3.15. The summed E-state index contributed by atoms with van der Waals surface area (Å²) in [6, 6.07) is 8.17. The first-order valence-corrected chi connectivity index (χ1v) is 9.02. The summed E-state index contributed by atoms with van der Waals surface area (Å²) in [5.41, 5.74) is 7.07. The predicted molar refractivity (Wildman–Crippen MR) is 103 cm³/mol. The van der Waals surface area contributed by atoms with Gasteiger partial charge in [-0.1, -0.05) is 11.6 Å². The lowest BCUT2D eigenvalue weighted by molar-refractivity contribution is 0.0846. The number of carbonyl (C=O) groups is 2. The average molecular weight is 401 g/mol. The van der Waals surface area contributed by atoms with Crippen molar-refractivity contribution in [1.29, 1.82) is 0 Å². The van der Waals surface area contributed by atoms with Gasteiger partial charge in [-0.3, -0.25) is 20.4 Å². The van der Waals surface area contributed by atoms with Crippen molar-refractivity contribution in [1.82, 2.24) is 20.4 Å². The molecule has 0 radical (unpaired) electrons. The standard InChI is InChI=1S/C19H17ClN4O4/c1-3-24-10(2)21-14-7-11(4-5-15(14)24)18(25)22-23-19(26)12-6-13(20)17-16(8-12)27-9-28-17/h4-8H,3,9H2,1-2H3,(H,22,25)(H,23,26). The smallest absolute Gasteiger partial charge is 0.269 e. The van der Waals surface area contributed by atoms with E-state index in [2.05, 4.69) is 20.4 Å². The molecule has 0 saturated heterocycles. The van der Waals surface area contributed by atoms with Gasteiger partial charge in [-0.2, -0.15) is 0 Å². The zero-order valence-corrected chi connectivity index (χ0v) is 16.0. The number of imidazole rings is 1. The zero-order valence-electron chi connectivity index (χ0n) is 15.2. The topological polar surface area (TPSA) is 94.5 Å². The molecule has 1 aromatic heterocycles. The van der Waals surface area contributed by atoms with Gasteiger partial charge in [0.1, 0.15) is 5.82 Å². The van der Waals surface area contributed by atoms with Gasteiger partial charge in [-0.15, -0.1) is 0 Å². The lowest BCUT2D eigenvalue weighted by atomic mass is 10.2. The number of aryl methyl sites for hydroxylation is 2. The lowest BCUT2D eigenvalue weighted by Crippen LogP contribution is -2.41. The van der Waals surface area contributed by atoms with Crippen LogP contribution in [0.5, 0.6) is 11.5 Å². The third kappa shape index (κ3) is 3.11. The number of benzene rings is 2. The summed E-state index contributed by atoms with van der Waals surface area (Å²) < 4.78 is 12.5. The highest BCUT2D eigenvalue weighted by atomic mass is 35.5. The number of ether oxygens (including phenoxy) is 2. The van der Waals surface area contributed by atoms with Crippen LogP contribution < -0.4 is 20.3 Å². The number of carbonyl (C=O) groups excluding carboxylic acids is 2. The van der Waals surface area contributed by atoms with Crippen molar-refractivity contribution in [2.24, 2.45) is 0 Å². The van der Waals surface area contributed by atoms with E-state index in [1.807, 2.05) is 19.9 Å². The number of nitrogens with one attached hydrogen (secondary N) is 2. The molecule has 2 amide bonds. The van der Waals surface area contributed by atoms with E-state index in [0.717, 1.165) is 23.4 Å². The Morgan fingerprint density at radius 1 is 1.14 bits per heavy atom. The maximum Gasteiger partial charge on any atom is 0.269 e. The van der Waals surface area contributed by atoms with Crippen LogP contribution in [0.1, 0.15) is 33.5 Å². The largest absolute Gasteiger partial charge is 0.454 e. The lowest BCUT2D eigenvalue weighted by Gasteiger charge is -2.09. The minimum Gasteiger partial charge on any atom is -0.454 e. The van der Waals surface area contributed by atoms with E-state index in [4.69, 9.17) is 21.1 Å². The van der Waals surface area contributed by atoms with Crippen molar-refractivity contribution in [3.05, 3.63) is 52.3 Å². The fraction of sp³-hybridized carbons (Fsp3) is 0.211. The minimum absolute atomic E-state index is 0.0482. The first-order chi connectivity index (χ1) is 13.5. The van der Waals surface area contributed by atoms with Crippen molar-refractivity contribution >= 4 is 34.4 Å². The zero-order chi connectivity index (χ0) is 19.8. The number of hydrogen-bond donors (Lipinski definition) is 2. The predicted octanol–water partition coefficient (Wildman–Crippen LogP) is 2.82. The van der Waals surface area contributed by atoms with E-state index >= 15 is 0 Å². The van der Waals surface area contributed by atoms with E-state index in [9.17, 15) is 9.59 Å². The van der Waals surface area contributed by atoms with Crippen LogP contribution in [0.2, 0.25) is 5.02 Å². The minimum atomic E-state index is -0.527. The Morgan fingerprint density at radius 3 is 2.64 bits per heavy atom. The van der Waals surface area contributed by atoms with E-state index < -0.39 is 11.8 Å². The molecule has 1 aliphatic heterocycles. The van der Waals surface area contributed by atoms with Crippen LogP contribution in [0, 0.1) is 6.92 Å². The molecule has 0 unspecified atom stereocenters. The summed E-state index contributed by atoms with van der Waals surface area (Å²) in [6.45, 7) is 4.79. The molecule has 1 aliphatic rings. The van der Waals surface area contributed by atoms with Gasteiger partial charge in [-0.05, 0) is 44.2 Å². The Kier molecular flexibility index (Phi) is 4.56. The summed E-state index contributed by atoms with van der Waals surface area (Å²) in [6.07, 6.45) is 0.